The van der Waals surface area contributed by atoms with Crippen molar-refractivity contribution in [3.05, 3.63) is 0 Å². The van der Waals surface area contributed by atoms with Crippen molar-refractivity contribution in [2.75, 3.05) is 6.54 Å². The first-order valence-corrected chi connectivity index (χ1v) is 4.68. The molecule has 1 fully saturated rings. The van der Waals surface area contributed by atoms with Gasteiger partial charge in [-0.3, -0.25) is 0 Å². The highest BCUT2D eigenvalue weighted by Crippen LogP contribution is 2.22. The van der Waals surface area contributed by atoms with Gasteiger partial charge in [-0.15, -0.1) is 0 Å². The van der Waals surface area contributed by atoms with E-state index in [2.05, 4.69) is 19.2 Å². The Balaban J connectivity index is 2.44. The maximum Gasteiger partial charge on any atom is 0.0278 e. The Kier molecular flexibility index (Phi) is 2.90. The molecule has 11 heavy (non-hydrogen) atoms. The molecular formula is C9H20N2. The zero-order valence-electron chi connectivity index (χ0n) is 7.69. The second-order valence-corrected chi connectivity index (χ2v) is 3.91. The average molecular weight is 156 g/mol. The van der Waals surface area contributed by atoms with Crippen LogP contribution in [-0.4, -0.2) is 18.1 Å². The third-order valence-electron chi connectivity index (χ3n) is 2.78. The van der Waals surface area contributed by atoms with Crippen LogP contribution < -0.4 is 11.1 Å². The largest absolute Gasteiger partial charge is 0.329 e. The van der Waals surface area contributed by atoms with Gasteiger partial charge in [0.15, 0.2) is 0 Å². The van der Waals surface area contributed by atoms with Crippen LogP contribution >= 0.6 is 0 Å². The fraction of sp³-hybridized carbons (Fsp3) is 1.00. The monoisotopic (exact) mass is 156 g/mol. The molecule has 1 aliphatic heterocycles. The highest BCUT2D eigenvalue weighted by Gasteiger charge is 2.28. The molecule has 0 spiro atoms. The highest BCUT2D eigenvalue weighted by atomic mass is 15.0. The number of piperidine rings is 1. The van der Waals surface area contributed by atoms with Gasteiger partial charge in [0.1, 0.15) is 0 Å². The van der Waals surface area contributed by atoms with Gasteiger partial charge in [-0.05, 0) is 26.2 Å². The maximum atomic E-state index is 5.69. The van der Waals surface area contributed by atoms with Crippen molar-refractivity contribution in [1.82, 2.24) is 5.32 Å². The molecule has 66 valence electrons. The van der Waals surface area contributed by atoms with Crippen LogP contribution in [0.15, 0.2) is 0 Å². The van der Waals surface area contributed by atoms with E-state index in [9.17, 15) is 0 Å². The van der Waals surface area contributed by atoms with Gasteiger partial charge in [0, 0.05) is 18.1 Å². The molecule has 0 amide bonds. The first-order valence-electron chi connectivity index (χ1n) is 4.68. The Morgan fingerprint density at radius 1 is 1.64 bits per heavy atom. The highest BCUT2D eigenvalue weighted by molar-refractivity contribution is 4.91. The molecule has 2 nitrogen and oxygen atoms in total. The summed E-state index contributed by atoms with van der Waals surface area (Å²) < 4.78 is 0. The second kappa shape index (κ2) is 3.55. The Bertz CT molecular complexity index is 125. The number of rotatable bonds is 2. The van der Waals surface area contributed by atoms with Gasteiger partial charge in [-0.2, -0.15) is 0 Å². The van der Waals surface area contributed by atoms with Crippen LogP contribution in [0.4, 0.5) is 0 Å². The van der Waals surface area contributed by atoms with Crippen LogP contribution in [0, 0.1) is 0 Å². The minimum absolute atomic E-state index is 0.221. The quantitative estimate of drug-likeness (QED) is 0.631. The van der Waals surface area contributed by atoms with E-state index in [-0.39, 0.29) is 5.54 Å². The van der Waals surface area contributed by atoms with Gasteiger partial charge in [0.05, 0.1) is 0 Å². The molecule has 1 aliphatic rings. The Morgan fingerprint density at radius 3 is 2.91 bits per heavy atom. The lowest BCUT2D eigenvalue weighted by Gasteiger charge is -2.38. The number of nitrogens with two attached hydrogens (primary N) is 1. The van der Waals surface area contributed by atoms with Crippen molar-refractivity contribution in [3.8, 4) is 0 Å². The molecule has 2 unspecified atom stereocenters. The van der Waals surface area contributed by atoms with E-state index < -0.39 is 0 Å². The Hall–Kier alpha value is -0.0800. The van der Waals surface area contributed by atoms with Crippen molar-refractivity contribution >= 4 is 0 Å². The standard InChI is InChI=1S/C9H20N2/c1-3-8-5-4-6-9(2,7-10)11-8/h8,11H,3-7,10H2,1-2H3. The van der Waals surface area contributed by atoms with Crippen molar-refractivity contribution < 1.29 is 0 Å². The summed E-state index contributed by atoms with van der Waals surface area (Å²) in [7, 11) is 0. The molecule has 2 atom stereocenters. The van der Waals surface area contributed by atoms with Gasteiger partial charge in [0.2, 0.25) is 0 Å². The fourth-order valence-corrected chi connectivity index (χ4v) is 1.84. The van der Waals surface area contributed by atoms with Crippen molar-refractivity contribution in [2.45, 2.75) is 51.1 Å². The molecule has 1 saturated heterocycles. The van der Waals surface area contributed by atoms with Crippen LogP contribution in [0.25, 0.3) is 0 Å². The zero-order chi connectivity index (χ0) is 8.32. The maximum absolute atomic E-state index is 5.69. The molecule has 0 saturated carbocycles. The lowest BCUT2D eigenvalue weighted by molar-refractivity contribution is 0.227. The Labute approximate surface area is 69.5 Å². The lowest BCUT2D eigenvalue weighted by Crippen LogP contribution is -2.55. The van der Waals surface area contributed by atoms with E-state index in [0.29, 0.717) is 6.04 Å². The summed E-state index contributed by atoms with van der Waals surface area (Å²) in [6.07, 6.45) is 5.13. The van der Waals surface area contributed by atoms with E-state index in [4.69, 9.17) is 5.73 Å². The topological polar surface area (TPSA) is 38.0 Å². The first-order chi connectivity index (χ1) is 5.20. The molecule has 0 aromatic rings. The summed E-state index contributed by atoms with van der Waals surface area (Å²) in [5, 5.41) is 3.60. The minimum Gasteiger partial charge on any atom is -0.329 e. The van der Waals surface area contributed by atoms with Crippen LogP contribution in [0.3, 0.4) is 0 Å². The van der Waals surface area contributed by atoms with Gasteiger partial charge in [-0.1, -0.05) is 13.3 Å². The molecular weight excluding hydrogens is 136 g/mol. The van der Waals surface area contributed by atoms with Crippen molar-refractivity contribution in [2.24, 2.45) is 5.73 Å². The van der Waals surface area contributed by atoms with E-state index in [0.717, 1.165) is 6.54 Å². The summed E-state index contributed by atoms with van der Waals surface area (Å²) in [6.45, 7) is 5.23. The lowest BCUT2D eigenvalue weighted by atomic mass is 9.87. The molecule has 0 aromatic heterocycles. The number of nitrogens with one attached hydrogen (secondary N) is 1. The van der Waals surface area contributed by atoms with Crippen LogP contribution in [0.1, 0.15) is 39.5 Å². The van der Waals surface area contributed by atoms with Crippen molar-refractivity contribution in [1.29, 1.82) is 0 Å². The van der Waals surface area contributed by atoms with E-state index in [1.807, 2.05) is 0 Å². The normalized spacial score (nSPS) is 39.0. The summed E-state index contributed by atoms with van der Waals surface area (Å²) in [5.74, 6) is 0. The molecule has 0 aliphatic carbocycles. The fourth-order valence-electron chi connectivity index (χ4n) is 1.84. The molecule has 3 N–H and O–H groups in total. The summed E-state index contributed by atoms with van der Waals surface area (Å²) in [5.41, 5.74) is 5.91. The predicted molar refractivity (Wildman–Crippen MR) is 48.5 cm³/mol. The average Bonchev–Trinajstić information content (AvgIpc) is 2.05. The third-order valence-corrected chi connectivity index (χ3v) is 2.78. The zero-order valence-corrected chi connectivity index (χ0v) is 7.69. The van der Waals surface area contributed by atoms with E-state index in [1.54, 1.807) is 0 Å². The van der Waals surface area contributed by atoms with E-state index in [1.165, 1.54) is 25.7 Å². The molecule has 1 rings (SSSR count). The third kappa shape index (κ3) is 2.17. The van der Waals surface area contributed by atoms with Crippen LogP contribution in [0.5, 0.6) is 0 Å². The number of hydrogen-bond donors (Lipinski definition) is 2. The van der Waals surface area contributed by atoms with Gasteiger partial charge >= 0.3 is 0 Å². The van der Waals surface area contributed by atoms with Crippen LogP contribution in [-0.2, 0) is 0 Å². The van der Waals surface area contributed by atoms with Crippen molar-refractivity contribution in [3.63, 3.8) is 0 Å². The van der Waals surface area contributed by atoms with Crippen LogP contribution in [0.2, 0.25) is 0 Å². The molecule has 0 bridgehead atoms. The number of hydrogen-bond acceptors (Lipinski definition) is 2. The first kappa shape index (κ1) is 9.01. The Morgan fingerprint density at radius 2 is 2.36 bits per heavy atom. The van der Waals surface area contributed by atoms with Gasteiger partial charge in [-0.25, -0.2) is 0 Å². The molecule has 2 heteroatoms. The molecule has 0 aromatic carbocycles. The van der Waals surface area contributed by atoms with Gasteiger partial charge < -0.3 is 11.1 Å². The molecule has 1 heterocycles. The second-order valence-electron chi connectivity index (χ2n) is 3.91. The summed E-state index contributed by atoms with van der Waals surface area (Å²) in [4.78, 5) is 0. The summed E-state index contributed by atoms with van der Waals surface area (Å²) in [6, 6.07) is 0.706. The summed E-state index contributed by atoms with van der Waals surface area (Å²) >= 11 is 0. The minimum atomic E-state index is 0.221. The molecule has 0 radical (unpaired) electrons. The predicted octanol–water partition coefficient (Wildman–Crippen LogP) is 1.26. The van der Waals surface area contributed by atoms with Gasteiger partial charge in [0.25, 0.3) is 0 Å². The van der Waals surface area contributed by atoms with E-state index >= 15 is 0 Å². The smallest absolute Gasteiger partial charge is 0.0278 e. The SMILES string of the molecule is CCC1CCCC(C)(CN)N1.